The molecule has 2 aromatic rings. The molecule has 11 aliphatic rings. The number of isocyanates is 5. The van der Waals surface area contributed by atoms with Gasteiger partial charge in [-0.05, 0) is 282 Å². The van der Waals surface area contributed by atoms with Crippen LogP contribution in [0.25, 0.3) is 0 Å². The Hall–Kier alpha value is -8.67. The number of ether oxygens (including phenoxy) is 4. The van der Waals surface area contributed by atoms with Crippen molar-refractivity contribution < 1.29 is 88.9 Å². The second-order valence-corrected chi connectivity index (χ2v) is 43.0. The molecule has 0 saturated heterocycles. The summed E-state index contributed by atoms with van der Waals surface area (Å²) in [5.41, 5.74) is -5.18. The summed E-state index contributed by atoms with van der Waals surface area (Å²) in [7, 11) is 0. The largest absolute Gasteiger partial charge is 0.428 e. The second-order valence-electron chi connectivity index (χ2n) is 43.0. The van der Waals surface area contributed by atoms with E-state index in [2.05, 4.69) is 96.7 Å². The predicted octanol–water partition coefficient (Wildman–Crippen LogP) is 11.6. The zero-order valence-electron chi connectivity index (χ0n) is 78.7. The Morgan fingerprint density at radius 3 is 1.11 bits per heavy atom. The average Bonchev–Trinajstić information content (AvgIpc) is 0.945. The molecule has 33 heteroatoms. The first kappa shape index (κ1) is 112. The fourth-order valence-corrected chi connectivity index (χ4v) is 24.5. The average molecular weight is 1790 g/mol. The van der Waals surface area contributed by atoms with Crippen LogP contribution < -0.4 is 21.8 Å². The number of nitrogens with zero attached hydrogens (tertiary/aromatic N) is 12. The van der Waals surface area contributed by atoms with Crippen molar-refractivity contribution in [2.75, 3.05) is 79.2 Å². The molecule has 11 saturated carbocycles. The minimum Gasteiger partial charge on any atom is -0.428 e. The number of aliphatic hydroxyl groups is 9. The van der Waals surface area contributed by atoms with Gasteiger partial charge in [0, 0.05) is 44.8 Å². The summed E-state index contributed by atoms with van der Waals surface area (Å²) in [6.07, 6.45) is 39.7. The van der Waals surface area contributed by atoms with E-state index in [-0.39, 0.29) is 102 Å². The minimum absolute atomic E-state index is 0.0550. The van der Waals surface area contributed by atoms with Crippen LogP contribution in [0.3, 0.4) is 0 Å². The van der Waals surface area contributed by atoms with Crippen molar-refractivity contribution in [3.8, 4) is 30.8 Å². The molecule has 128 heavy (non-hydrogen) atoms. The Bertz CT molecular complexity index is 4240. The first-order valence-electron chi connectivity index (χ1n) is 45.3. The van der Waals surface area contributed by atoms with E-state index in [4.69, 9.17) is 65.8 Å². The molecule has 1 heterocycles. The lowest BCUT2D eigenvalue weighted by atomic mass is 9.44. The Morgan fingerprint density at radius 1 is 0.430 bits per heavy atom. The van der Waals surface area contributed by atoms with E-state index in [0.29, 0.717) is 109 Å². The van der Waals surface area contributed by atoms with Gasteiger partial charge in [-0.3, -0.25) is 0 Å². The predicted molar refractivity (Wildman–Crippen MR) is 476 cm³/mol. The van der Waals surface area contributed by atoms with Crippen LogP contribution in [-0.4, -0.2) is 194 Å². The van der Waals surface area contributed by atoms with E-state index in [9.17, 15) is 49.0 Å². The van der Waals surface area contributed by atoms with Gasteiger partial charge < -0.3 is 64.9 Å². The van der Waals surface area contributed by atoms with E-state index in [0.717, 1.165) is 37.5 Å². The molecule has 12 atom stereocenters. The topological polar surface area (TPSA) is 527 Å². The molecule has 0 radical (unpaired) electrons. The SMILES string of the molecule is C1CC2C3CCC(C3)C2C1.CC1(C)CC(N=C=O)CC(C)(Cn2c(=O)n(CC3(C)CC(N=C=O)CC(C)(C)C3)c(=O)n(CC3(C)CC(OC#N)CC(C)(C)C3)c2=O)C1.CC1(C)CC(OC#N)CC(C)(CN=C=O)C1.CCC(CO)(CO)CO.CCN=C=O.CCOC#N.N#COc1ccc(N=C=O)cc1.OCC(CO)(CO)CO.OCC12CC3CC(C1)CC(CO)(C3)C2. The van der Waals surface area contributed by atoms with Crippen LogP contribution in [0.5, 0.6) is 5.75 Å². The third kappa shape index (κ3) is 33.3. The summed E-state index contributed by atoms with van der Waals surface area (Å²) in [5.74, 6) is 6.82. The van der Waals surface area contributed by atoms with Gasteiger partial charge in [-0.25, -0.2) is 72.0 Å². The summed E-state index contributed by atoms with van der Waals surface area (Å²) >= 11 is 0. The number of hydrogen-bond acceptors (Lipinski definition) is 30. The fourth-order valence-electron chi connectivity index (χ4n) is 24.5. The lowest BCUT2D eigenvalue weighted by Crippen LogP contribution is -2.59. The summed E-state index contributed by atoms with van der Waals surface area (Å²) < 4.78 is 22.7. The first-order chi connectivity index (χ1) is 60.3. The van der Waals surface area contributed by atoms with Gasteiger partial charge in [0.1, 0.15) is 18.0 Å². The van der Waals surface area contributed by atoms with Gasteiger partial charge in [-0.15, -0.1) is 5.26 Å². The van der Waals surface area contributed by atoms with E-state index >= 15 is 0 Å². The molecule has 714 valence electrons. The van der Waals surface area contributed by atoms with Crippen molar-refractivity contribution in [3.63, 3.8) is 0 Å². The van der Waals surface area contributed by atoms with Gasteiger partial charge in [-0.1, -0.05) is 96.4 Å². The highest BCUT2D eigenvalue weighted by Crippen LogP contribution is 2.65. The molecule has 1 aromatic heterocycles. The van der Waals surface area contributed by atoms with Crippen molar-refractivity contribution in [1.82, 2.24) is 13.7 Å². The van der Waals surface area contributed by atoms with Crippen molar-refractivity contribution >= 4 is 36.1 Å². The Morgan fingerprint density at radius 2 is 0.812 bits per heavy atom. The smallest absolute Gasteiger partial charge is 0.336 e. The molecule has 0 amide bonds. The Labute approximate surface area is 755 Å². The summed E-state index contributed by atoms with van der Waals surface area (Å²) in [6.45, 7) is 30.6. The number of hydrogen-bond donors (Lipinski definition) is 9. The lowest BCUT2D eigenvalue weighted by Gasteiger charge is -2.61. The molecular weight excluding hydrogens is 1650 g/mol. The molecule has 12 unspecified atom stereocenters. The highest BCUT2D eigenvalue weighted by Gasteiger charge is 2.58. The van der Waals surface area contributed by atoms with Crippen molar-refractivity contribution in [1.29, 1.82) is 21.0 Å². The van der Waals surface area contributed by atoms with E-state index < -0.39 is 70.6 Å². The van der Waals surface area contributed by atoms with E-state index in [1.54, 1.807) is 101 Å². The van der Waals surface area contributed by atoms with E-state index in [1.165, 1.54) is 94.1 Å². The normalized spacial score (nSPS) is 30.1. The quantitative estimate of drug-likeness (QED) is 0.0240. The second kappa shape index (κ2) is 50.7. The fraction of sp³-hybridized carbons (Fsp3) is 0.811. The van der Waals surface area contributed by atoms with Crippen molar-refractivity contribution in [2.24, 2.45) is 125 Å². The lowest BCUT2D eigenvalue weighted by molar-refractivity contribution is -0.144. The summed E-state index contributed by atoms with van der Waals surface area (Å²) in [5, 5.41) is 113. The summed E-state index contributed by atoms with van der Waals surface area (Å²) in [4.78, 5) is 113. The number of benzene rings is 1. The highest BCUT2D eigenvalue weighted by molar-refractivity contribution is 5.50. The maximum absolute atomic E-state index is 14.4. The molecule has 33 nitrogen and oxygen atoms in total. The van der Waals surface area contributed by atoms with Gasteiger partial charge in [-0.2, -0.15) is 20.8 Å². The van der Waals surface area contributed by atoms with Crippen LogP contribution in [0.15, 0.2) is 63.6 Å². The standard InChI is InChI=1S/C36H54N6O6.C12H18N2O2.C12H20O2.C10H16.C8H4N2O2.C6H14O3.C5H12O4.2C3H5NO/c1-31(2)10-25(38-23-43)12-34(7,16-31)19-40-28(45)41(20-35(8)13-26(39-24-44)11-32(3,4)17-35)30(47)42(29(40)46)21-36(9)15-27(48-22-37)14-33(5,6)18-36;1-11(2)4-10(16-8-13)5-12(3,6-11)7-14-9-15;13-7-11-2-9-1-10(4-11)5-12(3-9,6-11)8-14;1-2-9-7-4-5-8(6-7)10(9)3-1;9-5-12-8-3-1-7(2-4-8)10-6-11;1-2-6(3-7,4-8)5-9;6-1-5(2-7,3-8)4-9;1-2-5-3-4;1-2-4-3-5/h25-27H,10-21H2,1-9H3;10H,4-7H2,1-3H3;9-10,13-14H,1-8H2;7-10H,1-6H2;1-4H;7-9H,2-5H2,1H3;6-9H,1-4H2;2*2H2,1H3. The number of aliphatic hydroxyl groups excluding tert-OH is 9. The monoisotopic (exact) mass is 1790 g/mol. The van der Waals surface area contributed by atoms with Gasteiger partial charge in [0.15, 0.2) is 0 Å². The molecule has 0 spiro atoms. The number of carbonyl (C=O) groups excluding carboxylic acids is 5. The van der Waals surface area contributed by atoms with Crippen LogP contribution in [0.2, 0.25) is 0 Å². The van der Waals surface area contributed by atoms with Crippen LogP contribution in [-0.2, 0) is 57.8 Å². The molecule has 0 aliphatic heterocycles. The molecular formula is C95H148N12O21. The van der Waals surface area contributed by atoms with Crippen LogP contribution >= 0.6 is 0 Å². The van der Waals surface area contributed by atoms with Crippen molar-refractivity contribution in [3.05, 3.63) is 55.7 Å². The van der Waals surface area contributed by atoms with Gasteiger partial charge >= 0.3 is 17.1 Å². The zero-order valence-corrected chi connectivity index (χ0v) is 78.7. The molecule has 1 aromatic carbocycles. The van der Waals surface area contributed by atoms with Crippen LogP contribution in [0, 0.1) is 147 Å². The van der Waals surface area contributed by atoms with Gasteiger partial charge in [0.05, 0.1) is 82.6 Å². The third-order valence-corrected chi connectivity index (χ3v) is 28.1. The van der Waals surface area contributed by atoms with Crippen molar-refractivity contribution in [2.45, 2.75) is 308 Å². The maximum atomic E-state index is 14.4. The van der Waals surface area contributed by atoms with Gasteiger partial charge in [0.2, 0.25) is 30.4 Å². The molecule has 11 fully saturated rings. The number of fused-ring (bicyclic) bond motifs is 5. The number of aliphatic imine (C=N–C) groups is 5. The summed E-state index contributed by atoms with van der Waals surface area (Å²) in [6, 6.07) is 5.60. The van der Waals surface area contributed by atoms with Gasteiger partial charge in [0.25, 0.3) is 25.0 Å². The highest BCUT2D eigenvalue weighted by atomic mass is 16.5. The maximum Gasteiger partial charge on any atom is 0.336 e. The van der Waals surface area contributed by atoms with Crippen LogP contribution in [0.1, 0.15) is 264 Å². The molecule has 13 rings (SSSR count). The third-order valence-electron chi connectivity index (χ3n) is 28.1. The number of rotatable bonds is 26. The molecule has 11 aliphatic carbocycles. The van der Waals surface area contributed by atoms with E-state index in [1.807, 2.05) is 34.0 Å². The van der Waals surface area contributed by atoms with Crippen LogP contribution in [0.4, 0.5) is 5.69 Å². The Kier molecular flexibility index (Phi) is 44.2. The minimum atomic E-state index is -1.11. The first-order valence-corrected chi connectivity index (χ1v) is 45.3. The number of aromatic nitrogens is 3. The Balaban J connectivity index is 0.000000347. The zero-order chi connectivity index (χ0) is 96.2. The number of nitriles is 4. The molecule has 9 N–H and O–H groups in total. The molecule has 6 bridgehead atoms.